The lowest BCUT2D eigenvalue weighted by atomic mass is 9.75. The third kappa shape index (κ3) is 1.58. The number of benzene rings is 1. The van der Waals surface area contributed by atoms with Crippen molar-refractivity contribution in [2.45, 2.75) is 38.9 Å². The maximum absolute atomic E-state index is 9.89. The fraction of sp³-hybridized carbons (Fsp3) is 0.538. The number of hydrogen-bond donors (Lipinski definition) is 2. The number of rotatable bonds is 2. The minimum atomic E-state index is -0.482. The monoisotopic (exact) mass is 206 g/mol. The highest BCUT2D eigenvalue weighted by Gasteiger charge is 2.44. The van der Waals surface area contributed by atoms with Crippen molar-refractivity contribution in [2.24, 2.45) is 5.41 Å². The summed E-state index contributed by atoms with van der Waals surface area (Å²) in [4.78, 5) is 0. The van der Waals surface area contributed by atoms with Gasteiger partial charge in [-0.3, -0.25) is 0 Å². The lowest BCUT2D eigenvalue weighted by Gasteiger charge is -2.35. The molecular weight excluding hydrogens is 188 g/mol. The Morgan fingerprint density at radius 1 is 1.00 bits per heavy atom. The standard InChI is InChI=1S/C13H18O2/c1-9(14)13(10(2)15)7-11-5-3-4-6-12(11)8-13/h3-6,9-10,14-15H,7-8H2,1-2H3/t9-,10-/m1/s1. The molecule has 15 heavy (non-hydrogen) atoms. The van der Waals surface area contributed by atoms with Crippen LogP contribution in [0.2, 0.25) is 0 Å². The average Bonchev–Trinajstić information content (AvgIpc) is 2.57. The molecule has 2 N–H and O–H groups in total. The Morgan fingerprint density at radius 3 is 1.73 bits per heavy atom. The Morgan fingerprint density at radius 2 is 1.40 bits per heavy atom. The molecule has 1 aromatic rings. The van der Waals surface area contributed by atoms with E-state index in [4.69, 9.17) is 0 Å². The summed E-state index contributed by atoms with van der Waals surface area (Å²) in [6.07, 6.45) is 0.589. The summed E-state index contributed by atoms with van der Waals surface area (Å²) < 4.78 is 0. The van der Waals surface area contributed by atoms with E-state index in [1.807, 2.05) is 12.1 Å². The molecule has 0 amide bonds. The molecule has 0 aromatic heterocycles. The van der Waals surface area contributed by atoms with E-state index in [2.05, 4.69) is 12.1 Å². The van der Waals surface area contributed by atoms with E-state index in [0.717, 1.165) is 12.8 Å². The molecule has 0 bridgehead atoms. The third-order valence-corrected chi connectivity index (χ3v) is 3.82. The highest BCUT2D eigenvalue weighted by atomic mass is 16.3. The predicted octanol–water partition coefficient (Wildman–Crippen LogP) is 1.53. The van der Waals surface area contributed by atoms with Crippen LogP contribution in [0.4, 0.5) is 0 Å². The zero-order valence-electron chi connectivity index (χ0n) is 9.27. The predicted molar refractivity (Wildman–Crippen MR) is 59.6 cm³/mol. The molecular formula is C13H18O2. The normalized spacial score (nSPS) is 22.1. The Labute approximate surface area is 90.6 Å². The van der Waals surface area contributed by atoms with Crippen LogP contribution < -0.4 is 0 Å². The first-order valence-corrected chi connectivity index (χ1v) is 5.49. The third-order valence-electron chi connectivity index (χ3n) is 3.82. The van der Waals surface area contributed by atoms with Crippen molar-refractivity contribution in [2.75, 3.05) is 0 Å². The van der Waals surface area contributed by atoms with E-state index in [1.54, 1.807) is 13.8 Å². The molecule has 2 rings (SSSR count). The van der Waals surface area contributed by atoms with Gasteiger partial charge >= 0.3 is 0 Å². The molecule has 2 atom stereocenters. The highest BCUT2D eigenvalue weighted by molar-refractivity contribution is 5.35. The second-order valence-corrected chi connectivity index (χ2v) is 4.71. The molecule has 0 spiro atoms. The summed E-state index contributed by atoms with van der Waals surface area (Å²) in [5.74, 6) is 0. The zero-order chi connectivity index (χ0) is 11.1. The van der Waals surface area contributed by atoms with Crippen LogP contribution in [-0.2, 0) is 12.8 Å². The molecule has 0 unspecified atom stereocenters. The summed E-state index contributed by atoms with van der Waals surface area (Å²) in [6, 6.07) is 8.20. The van der Waals surface area contributed by atoms with Crippen molar-refractivity contribution in [1.29, 1.82) is 0 Å². The van der Waals surface area contributed by atoms with E-state index in [-0.39, 0.29) is 5.41 Å². The van der Waals surface area contributed by atoms with Crippen molar-refractivity contribution in [3.8, 4) is 0 Å². The van der Waals surface area contributed by atoms with Crippen LogP contribution in [0.3, 0.4) is 0 Å². The molecule has 0 heterocycles. The molecule has 0 aliphatic heterocycles. The Bertz CT molecular complexity index is 320. The topological polar surface area (TPSA) is 40.5 Å². The van der Waals surface area contributed by atoms with Gasteiger partial charge in [0.2, 0.25) is 0 Å². The van der Waals surface area contributed by atoms with Crippen molar-refractivity contribution in [3.05, 3.63) is 35.4 Å². The van der Waals surface area contributed by atoms with Gasteiger partial charge in [0.1, 0.15) is 0 Å². The van der Waals surface area contributed by atoms with Gasteiger partial charge in [-0.2, -0.15) is 0 Å². The Balaban J connectivity index is 2.36. The van der Waals surface area contributed by atoms with Gasteiger partial charge in [0, 0.05) is 5.41 Å². The quantitative estimate of drug-likeness (QED) is 0.770. The molecule has 1 aliphatic carbocycles. The second kappa shape index (κ2) is 3.62. The van der Waals surface area contributed by atoms with Crippen LogP contribution in [0.15, 0.2) is 24.3 Å². The maximum Gasteiger partial charge on any atom is 0.0599 e. The van der Waals surface area contributed by atoms with Crippen LogP contribution in [0.1, 0.15) is 25.0 Å². The van der Waals surface area contributed by atoms with Crippen molar-refractivity contribution >= 4 is 0 Å². The van der Waals surface area contributed by atoms with Crippen molar-refractivity contribution in [3.63, 3.8) is 0 Å². The second-order valence-electron chi connectivity index (χ2n) is 4.71. The lowest BCUT2D eigenvalue weighted by Crippen LogP contribution is -2.43. The fourth-order valence-corrected chi connectivity index (χ4v) is 2.61. The SMILES string of the molecule is C[C@@H](O)C1([C@@H](C)O)Cc2ccccc2C1. The van der Waals surface area contributed by atoms with E-state index in [1.165, 1.54) is 11.1 Å². The molecule has 0 fully saturated rings. The molecule has 2 nitrogen and oxygen atoms in total. The molecule has 0 saturated carbocycles. The average molecular weight is 206 g/mol. The summed E-state index contributed by atoms with van der Waals surface area (Å²) >= 11 is 0. The van der Waals surface area contributed by atoms with Gasteiger partial charge in [-0.1, -0.05) is 24.3 Å². The summed E-state index contributed by atoms with van der Waals surface area (Å²) in [6.45, 7) is 3.55. The minimum Gasteiger partial charge on any atom is -0.393 e. The van der Waals surface area contributed by atoms with E-state index in [9.17, 15) is 10.2 Å². The number of aliphatic hydroxyl groups is 2. The summed E-state index contributed by atoms with van der Waals surface area (Å²) in [5, 5.41) is 19.8. The summed E-state index contributed by atoms with van der Waals surface area (Å²) in [7, 11) is 0. The summed E-state index contributed by atoms with van der Waals surface area (Å²) in [5.41, 5.74) is 2.14. The maximum atomic E-state index is 9.89. The highest BCUT2D eigenvalue weighted by Crippen LogP contribution is 2.42. The van der Waals surface area contributed by atoms with Crippen LogP contribution >= 0.6 is 0 Å². The van der Waals surface area contributed by atoms with Gasteiger partial charge in [0.15, 0.2) is 0 Å². The van der Waals surface area contributed by atoms with E-state index in [0.29, 0.717) is 0 Å². The smallest absolute Gasteiger partial charge is 0.0599 e. The molecule has 0 radical (unpaired) electrons. The largest absolute Gasteiger partial charge is 0.393 e. The zero-order valence-corrected chi connectivity index (χ0v) is 9.27. The molecule has 1 aromatic carbocycles. The van der Waals surface area contributed by atoms with Gasteiger partial charge in [0.25, 0.3) is 0 Å². The molecule has 2 heteroatoms. The molecule has 1 aliphatic rings. The van der Waals surface area contributed by atoms with Gasteiger partial charge in [-0.05, 0) is 37.8 Å². The molecule has 0 saturated heterocycles. The first-order chi connectivity index (χ1) is 7.06. The number of fused-ring (bicyclic) bond motifs is 1. The first-order valence-electron chi connectivity index (χ1n) is 5.49. The first kappa shape index (κ1) is 10.7. The van der Waals surface area contributed by atoms with Crippen LogP contribution in [-0.4, -0.2) is 22.4 Å². The van der Waals surface area contributed by atoms with Crippen molar-refractivity contribution in [1.82, 2.24) is 0 Å². The Kier molecular flexibility index (Phi) is 2.57. The van der Waals surface area contributed by atoms with E-state index >= 15 is 0 Å². The fourth-order valence-electron chi connectivity index (χ4n) is 2.61. The van der Waals surface area contributed by atoms with Crippen molar-refractivity contribution < 1.29 is 10.2 Å². The number of hydrogen-bond acceptors (Lipinski definition) is 2. The van der Waals surface area contributed by atoms with Crippen LogP contribution in [0, 0.1) is 5.41 Å². The van der Waals surface area contributed by atoms with Crippen LogP contribution in [0.25, 0.3) is 0 Å². The van der Waals surface area contributed by atoms with Gasteiger partial charge < -0.3 is 10.2 Å². The van der Waals surface area contributed by atoms with Crippen LogP contribution in [0.5, 0.6) is 0 Å². The number of aliphatic hydroxyl groups excluding tert-OH is 2. The van der Waals surface area contributed by atoms with Gasteiger partial charge in [-0.25, -0.2) is 0 Å². The van der Waals surface area contributed by atoms with Gasteiger partial charge in [0.05, 0.1) is 12.2 Å². The van der Waals surface area contributed by atoms with Gasteiger partial charge in [-0.15, -0.1) is 0 Å². The lowest BCUT2D eigenvalue weighted by molar-refractivity contribution is -0.0474. The molecule has 82 valence electrons. The minimum absolute atomic E-state index is 0.385. The Hall–Kier alpha value is -0.860. The van der Waals surface area contributed by atoms with E-state index < -0.39 is 12.2 Å².